The normalized spacial score (nSPS) is 27.5. The van der Waals surface area contributed by atoms with Gasteiger partial charge in [0.25, 0.3) is 5.91 Å². The Hall–Kier alpha value is -1.98. The number of methoxy groups -OCH3 is 1. The zero-order valence-electron chi connectivity index (χ0n) is 23.5. The quantitative estimate of drug-likeness (QED) is 0.511. The summed E-state index contributed by atoms with van der Waals surface area (Å²) in [6.45, 7) is 4.32. The second-order valence-electron chi connectivity index (χ2n) is 11.9. The Morgan fingerprint density at radius 2 is 1.92 bits per heavy atom. The number of piperidine rings is 1. The van der Waals surface area contributed by atoms with Crippen LogP contribution in [0.4, 0.5) is 5.82 Å². The number of rotatable bonds is 5. The van der Waals surface area contributed by atoms with Gasteiger partial charge in [-0.15, -0.1) is 5.10 Å². The Labute approximate surface area is 237 Å². The first-order chi connectivity index (χ1) is 18.9. The maximum atomic E-state index is 13.7. The average molecular weight is 561 g/mol. The average Bonchev–Trinajstić information content (AvgIpc) is 3.25. The number of nitrogens with zero attached hydrogens (tertiary/aromatic N) is 5. The van der Waals surface area contributed by atoms with Crippen LogP contribution in [0.3, 0.4) is 0 Å². The van der Waals surface area contributed by atoms with E-state index in [0.717, 1.165) is 32.6 Å². The van der Waals surface area contributed by atoms with Gasteiger partial charge in [0.1, 0.15) is 5.56 Å². The number of nitrogens with two attached hydrogens (primary N) is 1. The van der Waals surface area contributed by atoms with E-state index in [0.29, 0.717) is 28.9 Å². The van der Waals surface area contributed by atoms with Gasteiger partial charge in [-0.1, -0.05) is 56.5 Å². The van der Waals surface area contributed by atoms with E-state index in [1.165, 1.54) is 68.5 Å². The summed E-state index contributed by atoms with van der Waals surface area (Å²) < 4.78 is 7.05. The molecule has 216 valence electrons. The van der Waals surface area contributed by atoms with Crippen molar-refractivity contribution in [1.29, 1.82) is 0 Å². The summed E-state index contributed by atoms with van der Waals surface area (Å²) in [5.74, 6) is -0.0789. The highest BCUT2D eigenvalue weighted by atomic mass is 35.5. The maximum absolute atomic E-state index is 13.7. The van der Waals surface area contributed by atoms with Crippen molar-refractivity contribution in [2.45, 2.75) is 87.9 Å². The molecule has 2 aromatic rings. The Balaban J connectivity index is 1.39. The number of fused-ring (bicyclic) bond motifs is 1. The molecule has 5 rings (SSSR count). The molecule has 11 heteroatoms. The molecule has 10 nitrogen and oxygen atoms in total. The molecule has 4 N–H and O–H groups in total. The molecular formula is C28H45ClN8O2. The van der Waals surface area contributed by atoms with Crippen LogP contribution in [0.1, 0.15) is 74.6 Å². The minimum Gasteiger partial charge on any atom is -0.383 e. The maximum Gasteiger partial charge on any atom is 0.259 e. The smallest absolute Gasteiger partial charge is 0.259 e. The first-order valence-electron chi connectivity index (χ1n) is 14.7. The van der Waals surface area contributed by atoms with E-state index in [9.17, 15) is 4.79 Å². The van der Waals surface area contributed by atoms with Crippen LogP contribution in [0.15, 0.2) is 12.4 Å². The number of anilines is 1. The second kappa shape index (κ2) is 12.7. The van der Waals surface area contributed by atoms with E-state index in [1.807, 2.05) is 0 Å². The molecule has 2 aliphatic heterocycles. The molecule has 1 saturated carbocycles. The van der Waals surface area contributed by atoms with Gasteiger partial charge in [-0.05, 0) is 26.3 Å². The third-order valence-electron chi connectivity index (χ3n) is 9.22. The van der Waals surface area contributed by atoms with Crippen LogP contribution in [0.2, 0.25) is 5.02 Å². The van der Waals surface area contributed by atoms with Crippen LogP contribution in [-0.2, 0) is 4.74 Å². The molecule has 3 aliphatic rings. The third-order valence-corrected chi connectivity index (χ3v) is 9.42. The minimum absolute atomic E-state index is 0.0632. The van der Waals surface area contributed by atoms with Gasteiger partial charge in [0.2, 0.25) is 0 Å². The van der Waals surface area contributed by atoms with Crippen LogP contribution in [0.25, 0.3) is 5.65 Å². The van der Waals surface area contributed by atoms with Crippen LogP contribution in [0.5, 0.6) is 0 Å². The highest BCUT2D eigenvalue weighted by Crippen LogP contribution is 2.35. The molecule has 0 aromatic carbocycles. The van der Waals surface area contributed by atoms with Gasteiger partial charge in [-0.3, -0.25) is 14.6 Å². The molecule has 39 heavy (non-hydrogen) atoms. The van der Waals surface area contributed by atoms with E-state index in [2.05, 4.69) is 37.6 Å². The van der Waals surface area contributed by atoms with Crippen molar-refractivity contribution in [3.8, 4) is 0 Å². The molecular weight excluding hydrogens is 516 g/mol. The van der Waals surface area contributed by atoms with Gasteiger partial charge < -0.3 is 21.1 Å². The molecule has 0 bridgehead atoms. The number of nitrogens with one attached hydrogen (secondary N) is 2. The molecule has 4 heterocycles. The topological polar surface area (TPSA) is 113 Å². The zero-order valence-corrected chi connectivity index (χ0v) is 24.3. The van der Waals surface area contributed by atoms with Crippen LogP contribution >= 0.6 is 11.6 Å². The predicted octanol–water partition coefficient (Wildman–Crippen LogP) is 2.95. The summed E-state index contributed by atoms with van der Waals surface area (Å²) in [6, 6.07) is 0.489. The van der Waals surface area contributed by atoms with E-state index < -0.39 is 0 Å². The number of carbonyl (C=O) groups is 1. The Morgan fingerprint density at radius 3 is 2.64 bits per heavy atom. The van der Waals surface area contributed by atoms with Crippen molar-refractivity contribution < 1.29 is 9.53 Å². The van der Waals surface area contributed by atoms with Crippen molar-refractivity contribution >= 4 is 29.0 Å². The molecule has 3 unspecified atom stereocenters. The highest BCUT2D eigenvalue weighted by Gasteiger charge is 2.44. The number of amides is 1. The summed E-state index contributed by atoms with van der Waals surface area (Å²) in [7, 11) is 3.95. The van der Waals surface area contributed by atoms with E-state index >= 15 is 0 Å². The summed E-state index contributed by atoms with van der Waals surface area (Å²) >= 11 is 6.09. The molecule has 1 spiro atoms. The van der Waals surface area contributed by atoms with Crippen molar-refractivity contribution in [2.24, 2.45) is 0 Å². The summed E-state index contributed by atoms with van der Waals surface area (Å²) in [5, 5.41) is 12.0. The highest BCUT2D eigenvalue weighted by molar-refractivity contribution is 6.30. The monoisotopic (exact) mass is 560 g/mol. The number of likely N-dealkylation sites (N-methyl/N-ethyl adjacent to an activating group) is 1. The largest absolute Gasteiger partial charge is 0.383 e. The standard InChI is InChI=1S/C28H45ClN8O2/c1-35-12-13-36(18-21(35)19-39-2)23-14-28(10-8-6-4-3-5-7-9-11-28)32-16-22(23)33-27(38)24-25(30)34-37-17-20(29)15-31-26(24)37/h15,17,21-23,32H,3-14,16,18-19H2,1-2H3,(H2,30,34)(H,33,38). The molecule has 1 amide bonds. The van der Waals surface area contributed by atoms with Gasteiger partial charge in [0, 0.05) is 57.1 Å². The number of ether oxygens (including phenoxy) is 1. The number of nitrogen functional groups attached to an aromatic ring is 1. The van der Waals surface area contributed by atoms with Crippen molar-refractivity contribution in [3.63, 3.8) is 0 Å². The predicted molar refractivity (Wildman–Crippen MR) is 154 cm³/mol. The van der Waals surface area contributed by atoms with E-state index in [4.69, 9.17) is 22.1 Å². The lowest BCUT2D eigenvalue weighted by Crippen LogP contribution is -2.69. The van der Waals surface area contributed by atoms with E-state index in [-0.39, 0.29) is 29.3 Å². The van der Waals surface area contributed by atoms with Crippen molar-refractivity contribution in [1.82, 2.24) is 35.0 Å². The number of hydrogen-bond acceptors (Lipinski definition) is 8. The molecule has 2 aromatic heterocycles. The number of carbonyl (C=O) groups excluding carboxylic acids is 1. The molecule has 1 aliphatic carbocycles. The fourth-order valence-corrected chi connectivity index (χ4v) is 7.10. The van der Waals surface area contributed by atoms with Crippen LogP contribution in [-0.4, -0.2) is 101 Å². The lowest BCUT2D eigenvalue weighted by Gasteiger charge is -2.52. The first kappa shape index (κ1) is 28.5. The Kier molecular flexibility index (Phi) is 9.28. The van der Waals surface area contributed by atoms with Gasteiger partial charge in [-0.25, -0.2) is 9.50 Å². The van der Waals surface area contributed by atoms with Gasteiger partial charge in [0.05, 0.1) is 23.9 Å². The first-order valence-corrected chi connectivity index (χ1v) is 15.1. The van der Waals surface area contributed by atoms with Gasteiger partial charge >= 0.3 is 0 Å². The zero-order chi connectivity index (χ0) is 27.4. The lowest BCUT2D eigenvalue weighted by molar-refractivity contribution is -0.00762. The minimum atomic E-state index is -0.237. The molecule has 3 atom stereocenters. The van der Waals surface area contributed by atoms with Crippen molar-refractivity contribution in [2.75, 3.05) is 52.7 Å². The van der Waals surface area contributed by atoms with Gasteiger partial charge in [0.15, 0.2) is 11.5 Å². The summed E-state index contributed by atoms with van der Waals surface area (Å²) in [5.41, 5.74) is 7.04. The number of hydrogen-bond donors (Lipinski definition) is 3. The fraction of sp³-hybridized carbons (Fsp3) is 0.750. The number of halogens is 1. The fourth-order valence-electron chi connectivity index (χ4n) is 6.96. The second-order valence-corrected chi connectivity index (χ2v) is 12.3. The Morgan fingerprint density at radius 1 is 1.21 bits per heavy atom. The molecule has 2 saturated heterocycles. The van der Waals surface area contributed by atoms with Crippen molar-refractivity contribution in [3.05, 3.63) is 23.0 Å². The third kappa shape index (κ3) is 6.51. The van der Waals surface area contributed by atoms with Crippen LogP contribution < -0.4 is 16.4 Å². The number of piperazine rings is 1. The molecule has 3 fully saturated rings. The summed E-state index contributed by atoms with van der Waals surface area (Å²) in [4.78, 5) is 23.0. The molecule has 0 radical (unpaired) electrons. The summed E-state index contributed by atoms with van der Waals surface area (Å²) in [6.07, 6.45) is 15.8. The van der Waals surface area contributed by atoms with E-state index in [1.54, 1.807) is 13.3 Å². The Bertz CT molecular complexity index is 1120. The SMILES string of the molecule is COCC1CN(C2CC3(CCCCCCCCC3)NCC2NC(=O)c2c(N)nn3cc(Cl)cnc23)CCN1C. The van der Waals surface area contributed by atoms with Gasteiger partial charge in [-0.2, -0.15) is 0 Å². The lowest BCUT2D eigenvalue weighted by atomic mass is 9.75. The van der Waals surface area contributed by atoms with Crippen LogP contribution in [0, 0.1) is 0 Å². The number of aromatic nitrogens is 3.